The summed E-state index contributed by atoms with van der Waals surface area (Å²) in [5.74, 6) is -0.0787. The summed E-state index contributed by atoms with van der Waals surface area (Å²) in [5, 5.41) is 0.0839. The highest BCUT2D eigenvalue weighted by Crippen LogP contribution is 2.45. The zero-order valence-corrected chi connectivity index (χ0v) is 22.8. The van der Waals surface area contributed by atoms with Gasteiger partial charge in [-0.15, -0.1) is 11.3 Å². The third-order valence-corrected chi connectivity index (χ3v) is 9.06. The molecule has 0 atom stereocenters. The van der Waals surface area contributed by atoms with E-state index in [1.165, 1.54) is 6.20 Å². The fraction of sp³-hybridized carbons (Fsp3) is 0.290. The van der Waals surface area contributed by atoms with Crippen molar-refractivity contribution in [1.82, 2.24) is 9.88 Å². The maximum absolute atomic E-state index is 13.3. The van der Waals surface area contributed by atoms with Crippen molar-refractivity contribution in [2.45, 2.75) is 37.0 Å². The lowest BCUT2D eigenvalue weighted by Gasteiger charge is -2.31. The molecule has 0 saturated carbocycles. The molecule has 6 rings (SSSR count). The Morgan fingerprint density at radius 2 is 1.40 bits per heavy atom. The molecule has 1 aliphatic heterocycles. The number of rotatable bonds is 4. The molecular formula is C31H24F6N2O2S. The molecule has 11 heteroatoms. The number of thiazole rings is 1. The Hall–Kier alpha value is -3.86. The number of hydrogen-bond donors (Lipinski definition) is 0. The Kier molecular flexibility index (Phi) is 7.24. The van der Waals surface area contributed by atoms with Crippen LogP contribution in [0.3, 0.4) is 0 Å². The smallest absolute Gasteiger partial charge is 0.416 e. The van der Waals surface area contributed by atoms with Crippen LogP contribution in [0, 0.1) is 0 Å². The molecule has 0 radical (unpaired) electrons. The van der Waals surface area contributed by atoms with Gasteiger partial charge in [0, 0.05) is 35.6 Å². The number of piperidine rings is 1. The molecule has 42 heavy (non-hydrogen) atoms. The SMILES string of the molecule is O=C(OCC1c2ccccc2-c2ccccc21)N1CCC(c2cnc(-c3cc(C(F)(F)F)cc(C(F)(F)F)c3)s2)CC1. The number of carbonyl (C=O) groups is 1. The lowest BCUT2D eigenvalue weighted by molar-refractivity contribution is -0.143. The second-order valence-electron chi connectivity index (χ2n) is 10.4. The average Bonchev–Trinajstić information content (AvgIpc) is 3.59. The number of alkyl halides is 6. The molecule has 0 unspecified atom stereocenters. The third kappa shape index (κ3) is 5.49. The van der Waals surface area contributed by atoms with E-state index < -0.39 is 29.6 Å². The van der Waals surface area contributed by atoms with Crippen LogP contribution in [0.4, 0.5) is 31.1 Å². The number of likely N-dealkylation sites (tertiary alicyclic amines) is 1. The van der Waals surface area contributed by atoms with Crippen molar-refractivity contribution in [3.05, 3.63) is 100 Å². The van der Waals surface area contributed by atoms with Gasteiger partial charge in [-0.2, -0.15) is 26.3 Å². The Morgan fingerprint density at radius 3 is 1.95 bits per heavy atom. The van der Waals surface area contributed by atoms with Crippen molar-refractivity contribution in [2.24, 2.45) is 0 Å². The molecule has 1 aromatic heterocycles. The zero-order chi connectivity index (χ0) is 29.6. The van der Waals surface area contributed by atoms with Crippen molar-refractivity contribution in [3.63, 3.8) is 0 Å². The van der Waals surface area contributed by atoms with E-state index in [-0.39, 0.29) is 35.1 Å². The second-order valence-corrected chi connectivity index (χ2v) is 11.5. The quantitative estimate of drug-likeness (QED) is 0.219. The first-order valence-corrected chi connectivity index (χ1v) is 14.2. The van der Waals surface area contributed by atoms with Crippen LogP contribution in [0.25, 0.3) is 21.7 Å². The summed E-state index contributed by atoms with van der Waals surface area (Å²) >= 11 is 1.07. The number of ether oxygens (including phenoxy) is 1. The summed E-state index contributed by atoms with van der Waals surface area (Å²) < 4.78 is 85.5. The summed E-state index contributed by atoms with van der Waals surface area (Å²) in [6.45, 7) is 1.04. The third-order valence-electron chi connectivity index (χ3n) is 7.85. The van der Waals surface area contributed by atoms with Crippen molar-refractivity contribution >= 4 is 17.4 Å². The van der Waals surface area contributed by atoms with Gasteiger partial charge in [-0.3, -0.25) is 0 Å². The van der Waals surface area contributed by atoms with Gasteiger partial charge >= 0.3 is 18.4 Å². The molecule has 218 valence electrons. The van der Waals surface area contributed by atoms with E-state index >= 15 is 0 Å². The summed E-state index contributed by atoms with van der Waals surface area (Å²) in [6, 6.07) is 17.6. The highest BCUT2D eigenvalue weighted by molar-refractivity contribution is 7.15. The van der Waals surface area contributed by atoms with Gasteiger partial charge in [-0.25, -0.2) is 9.78 Å². The highest BCUT2D eigenvalue weighted by Gasteiger charge is 2.37. The number of nitrogens with zero attached hydrogens (tertiary/aromatic N) is 2. The number of fused-ring (bicyclic) bond motifs is 3. The molecule has 3 aromatic carbocycles. The maximum atomic E-state index is 13.3. The minimum atomic E-state index is -4.93. The first-order valence-electron chi connectivity index (χ1n) is 13.3. The van der Waals surface area contributed by atoms with Crippen LogP contribution in [-0.2, 0) is 17.1 Å². The maximum Gasteiger partial charge on any atom is 0.416 e. The van der Waals surface area contributed by atoms with Crippen LogP contribution in [-0.4, -0.2) is 35.7 Å². The molecule has 1 saturated heterocycles. The van der Waals surface area contributed by atoms with Crippen LogP contribution >= 0.6 is 11.3 Å². The normalized spacial score (nSPS) is 15.9. The molecule has 0 N–H and O–H groups in total. The molecule has 0 bridgehead atoms. The molecule has 2 aliphatic rings. The van der Waals surface area contributed by atoms with Gasteiger partial charge < -0.3 is 9.64 Å². The van der Waals surface area contributed by atoms with E-state index in [9.17, 15) is 31.1 Å². The van der Waals surface area contributed by atoms with Crippen molar-refractivity contribution in [2.75, 3.05) is 19.7 Å². The number of hydrogen-bond acceptors (Lipinski definition) is 4. The van der Waals surface area contributed by atoms with Gasteiger partial charge in [0.25, 0.3) is 0 Å². The van der Waals surface area contributed by atoms with E-state index in [0.29, 0.717) is 38.1 Å². The molecule has 0 spiro atoms. The summed E-state index contributed by atoms with van der Waals surface area (Å²) in [6.07, 6.45) is -7.63. The first-order chi connectivity index (χ1) is 20.0. The molecule has 1 fully saturated rings. The van der Waals surface area contributed by atoms with E-state index in [0.717, 1.165) is 38.5 Å². The first kappa shape index (κ1) is 28.3. The number of carbonyl (C=O) groups excluding carboxylic acids is 1. The minimum Gasteiger partial charge on any atom is -0.448 e. The predicted molar refractivity (Wildman–Crippen MR) is 146 cm³/mol. The highest BCUT2D eigenvalue weighted by atomic mass is 32.1. The van der Waals surface area contributed by atoms with Gasteiger partial charge in [-0.1, -0.05) is 48.5 Å². The molecule has 4 aromatic rings. The Labute approximate surface area is 241 Å². The molecule has 2 heterocycles. The molecule has 4 nitrogen and oxygen atoms in total. The largest absolute Gasteiger partial charge is 0.448 e. The number of aromatic nitrogens is 1. The van der Waals surface area contributed by atoms with E-state index in [1.54, 1.807) is 4.90 Å². The summed E-state index contributed by atoms with van der Waals surface area (Å²) in [5.41, 5.74) is 1.53. The number of amides is 1. The monoisotopic (exact) mass is 602 g/mol. The summed E-state index contributed by atoms with van der Waals surface area (Å²) in [4.78, 5) is 19.5. The van der Waals surface area contributed by atoms with E-state index in [2.05, 4.69) is 17.1 Å². The molecule has 1 aliphatic carbocycles. The van der Waals surface area contributed by atoms with Gasteiger partial charge in [-0.05, 0) is 59.2 Å². The lowest BCUT2D eigenvalue weighted by atomic mass is 9.96. The van der Waals surface area contributed by atoms with Crippen molar-refractivity contribution in [3.8, 4) is 21.7 Å². The summed E-state index contributed by atoms with van der Waals surface area (Å²) in [7, 11) is 0. The zero-order valence-electron chi connectivity index (χ0n) is 22.0. The fourth-order valence-electron chi connectivity index (χ4n) is 5.72. The fourth-order valence-corrected chi connectivity index (χ4v) is 6.79. The lowest BCUT2D eigenvalue weighted by Crippen LogP contribution is -2.38. The van der Waals surface area contributed by atoms with Crippen molar-refractivity contribution in [1.29, 1.82) is 0 Å². The van der Waals surface area contributed by atoms with Crippen LogP contribution in [0.5, 0.6) is 0 Å². The van der Waals surface area contributed by atoms with Gasteiger partial charge in [0.15, 0.2) is 0 Å². The van der Waals surface area contributed by atoms with E-state index in [4.69, 9.17) is 4.74 Å². The van der Waals surface area contributed by atoms with Gasteiger partial charge in [0.1, 0.15) is 11.6 Å². The standard InChI is InChI=1S/C31H24F6N2O2S/c32-30(33,34)20-13-19(14-21(15-20)31(35,36)37)28-38-16-27(42-28)18-9-11-39(12-10-18)29(40)41-17-26-24-7-3-1-5-22(24)23-6-2-4-8-25(23)26/h1-8,13-16,18,26H,9-12,17H2. The second kappa shape index (κ2) is 10.8. The predicted octanol–water partition coefficient (Wildman–Crippen LogP) is 8.98. The van der Waals surface area contributed by atoms with Gasteiger partial charge in [0.2, 0.25) is 0 Å². The van der Waals surface area contributed by atoms with Crippen molar-refractivity contribution < 1.29 is 35.9 Å². The topological polar surface area (TPSA) is 42.4 Å². The van der Waals surface area contributed by atoms with Crippen LogP contribution < -0.4 is 0 Å². The number of halogens is 6. The Bertz CT molecular complexity index is 1540. The average molecular weight is 603 g/mol. The van der Waals surface area contributed by atoms with E-state index in [1.807, 2.05) is 36.4 Å². The van der Waals surface area contributed by atoms with Crippen LogP contribution in [0.2, 0.25) is 0 Å². The van der Waals surface area contributed by atoms with Gasteiger partial charge in [0.05, 0.1) is 11.1 Å². The molecule has 1 amide bonds. The number of benzene rings is 3. The minimum absolute atomic E-state index is 0.0261. The Balaban J connectivity index is 1.10. The molecular weight excluding hydrogens is 578 g/mol. The van der Waals surface area contributed by atoms with Crippen LogP contribution in [0.15, 0.2) is 72.9 Å². The van der Waals surface area contributed by atoms with Crippen LogP contribution in [0.1, 0.15) is 51.8 Å². The Morgan fingerprint density at radius 1 is 0.857 bits per heavy atom.